The third-order valence-electron chi connectivity index (χ3n) is 6.73. The van der Waals surface area contributed by atoms with Crippen molar-refractivity contribution in [1.29, 1.82) is 0 Å². The highest BCUT2D eigenvalue weighted by Gasteiger charge is 2.21. The van der Waals surface area contributed by atoms with Crippen LogP contribution in [0, 0.1) is 5.92 Å². The Morgan fingerprint density at radius 1 is 1.00 bits per heavy atom. The molecule has 1 aromatic carbocycles. The summed E-state index contributed by atoms with van der Waals surface area (Å²) in [5.41, 5.74) is 2.09. The molecule has 2 aliphatic heterocycles. The molecule has 8 heteroatoms. The second-order valence-electron chi connectivity index (χ2n) is 9.05. The van der Waals surface area contributed by atoms with Crippen molar-refractivity contribution in [3.05, 3.63) is 48.5 Å². The van der Waals surface area contributed by atoms with E-state index in [1.54, 1.807) is 7.11 Å². The molecule has 0 saturated carbocycles. The molecule has 3 aromatic rings. The normalized spacial score (nSPS) is 18.0. The topological polar surface area (TPSA) is 70.8 Å². The molecule has 2 saturated heterocycles. The first-order valence-corrected chi connectivity index (χ1v) is 11.8. The summed E-state index contributed by atoms with van der Waals surface area (Å²) in [7, 11) is 1.70. The van der Waals surface area contributed by atoms with Gasteiger partial charge in [0.15, 0.2) is 0 Å². The Hall–Kier alpha value is -3.13. The van der Waals surface area contributed by atoms with E-state index >= 15 is 0 Å². The minimum Gasteiger partial charge on any atom is -0.497 e. The van der Waals surface area contributed by atoms with Gasteiger partial charge in [0, 0.05) is 62.8 Å². The fourth-order valence-corrected chi connectivity index (χ4v) is 4.54. The van der Waals surface area contributed by atoms with Gasteiger partial charge in [-0.05, 0) is 43.0 Å². The van der Waals surface area contributed by atoms with Gasteiger partial charge >= 0.3 is 0 Å². The number of piperidine rings is 1. The molecule has 33 heavy (non-hydrogen) atoms. The van der Waals surface area contributed by atoms with Crippen LogP contribution < -0.4 is 14.5 Å². The Kier molecular flexibility index (Phi) is 6.44. The summed E-state index contributed by atoms with van der Waals surface area (Å²) in [4.78, 5) is 16.4. The lowest BCUT2D eigenvalue weighted by atomic mass is 9.99. The Balaban J connectivity index is 1.15. The van der Waals surface area contributed by atoms with E-state index in [4.69, 9.17) is 9.26 Å². The summed E-state index contributed by atoms with van der Waals surface area (Å²) >= 11 is 0. The van der Waals surface area contributed by atoms with Gasteiger partial charge in [0.25, 0.3) is 0 Å². The molecule has 0 unspecified atom stereocenters. The van der Waals surface area contributed by atoms with Crippen LogP contribution in [0.4, 0.5) is 11.5 Å². The predicted molar refractivity (Wildman–Crippen MR) is 129 cm³/mol. The maximum Gasteiger partial charge on any atom is 0.241 e. The van der Waals surface area contributed by atoms with Gasteiger partial charge < -0.3 is 19.1 Å². The SMILES string of the molecule is COc1cccc(N2CCN(Cc3nc(-c4ccc(N5CCC(C)CC5)nc4)no3)CC2)c1. The van der Waals surface area contributed by atoms with Gasteiger partial charge in [0.1, 0.15) is 11.6 Å². The molecule has 5 rings (SSSR count). The van der Waals surface area contributed by atoms with Crippen molar-refractivity contribution in [2.75, 3.05) is 56.2 Å². The second kappa shape index (κ2) is 9.79. The molecule has 0 bridgehead atoms. The molecular weight excluding hydrogens is 416 g/mol. The van der Waals surface area contributed by atoms with Gasteiger partial charge in [-0.1, -0.05) is 18.1 Å². The highest BCUT2D eigenvalue weighted by atomic mass is 16.5. The zero-order valence-corrected chi connectivity index (χ0v) is 19.5. The quantitative estimate of drug-likeness (QED) is 0.565. The van der Waals surface area contributed by atoms with Crippen LogP contribution in [0.1, 0.15) is 25.7 Å². The maximum atomic E-state index is 5.55. The van der Waals surface area contributed by atoms with Gasteiger partial charge in [-0.2, -0.15) is 4.98 Å². The minimum atomic E-state index is 0.603. The number of pyridine rings is 1. The van der Waals surface area contributed by atoms with Crippen LogP contribution in [0.5, 0.6) is 5.75 Å². The lowest BCUT2D eigenvalue weighted by Gasteiger charge is -2.35. The number of nitrogens with zero attached hydrogens (tertiary/aromatic N) is 6. The van der Waals surface area contributed by atoms with Gasteiger partial charge in [-0.25, -0.2) is 4.98 Å². The Morgan fingerprint density at radius 3 is 2.55 bits per heavy atom. The number of aromatic nitrogens is 3. The monoisotopic (exact) mass is 448 g/mol. The Bertz CT molecular complexity index is 1040. The van der Waals surface area contributed by atoms with E-state index in [0.717, 1.165) is 62.3 Å². The molecule has 0 atom stereocenters. The summed E-state index contributed by atoms with van der Waals surface area (Å²) in [5.74, 6) is 3.98. The van der Waals surface area contributed by atoms with Crippen molar-refractivity contribution in [3.63, 3.8) is 0 Å². The van der Waals surface area contributed by atoms with Crippen LogP contribution in [-0.2, 0) is 6.54 Å². The van der Waals surface area contributed by atoms with E-state index < -0.39 is 0 Å². The lowest BCUT2D eigenvalue weighted by Crippen LogP contribution is -2.46. The van der Waals surface area contributed by atoms with Gasteiger partial charge in [-0.3, -0.25) is 4.90 Å². The average Bonchev–Trinajstić information content (AvgIpc) is 3.33. The largest absolute Gasteiger partial charge is 0.497 e. The first-order valence-electron chi connectivity index (χ1n) is 11.8. The molecule has 4 heterocycles. The molecular formula is C25H32N6O2. The highest BCUT2D eigenvalue weighted by Crippen LogP contribution is 2.25. The van der Waals surface area contributed by atoms with Crippen molar-refractivity contribution in [2.24, 2.45) is 5.92 Å². The third kappa shape index (κ3) is 5.11. The second-order valence-corrected chi connectivity index (χ2v) is 9.05. The van der Waals surface area contributed by atoms with E-state index in [1.165, 1.54) is 18.5 Å². The van der Waals surface area contributed by atoms with E-state index in [0.29, 0.717) is 18.3 Å². The molecule has 0 aliphatic carbocycles. The van der Waals surface area contributed by atoms with E-state index in [9.17, 15) is 0 Å². The molecule has 0 amide bonds. The smallest absolute Gasteiger partial charge is 0.241 e. The molecule has 2 aliphatic rings. The molecule has 8 nitrogen and oxygen atoms in total. The summed E-state index contributed by atoms with van der Waals surface area (Å²) < 4.78 is 10.9. The van der Waals surface area contributed by atoms with E-state index in [-0.39, 0.29) is 0 Å². The lowest BCUT2D eigenvalue weighted by molar-refractivity contribution is 0.215. The molecule has 2 aromatic heterocycles. The van der Waals surface area contributed by atoms with Crippen molar-refractivity contribution in [2.45, 2.75) is 26.3 Å². The van der Waals surface area contributed by atoms with Crippen LogP contribution in [0.3, 0.4) is 0 Å². The molecule has 0 radical (unpaired) electrons. The fourth-order valence-electron chi connectivity index (χ4n) is 4.54. The summed E-state index contributed by atoms with van der Waals surface area (Å²) in [5, 5.41) is 4.19. The van der Waals surface area contributed by atoms with Crippen molar-refractivity contribution < 1.29 is 9.26 Å². The molecule has 0 N–H and O–H groups in total. The van der Waals surface area contributed by atoms with Crippen molar-refractivity contribution in [3.8, 4) is 17.1 Å². The molecule has 0 spiro atoms. The predicted octanol–water partition coefficient (Wildman–Crippen LogP) is 3.70. The maximum absolute atomic E-state index is 5.55. The molecule has 174 valence electrons. The fraction of sp³-hybridized carbons (Fsp3) is 0.480. The third-order valence-corrected chi connectivity index (χ3v) is 6.73. The van der Waals surface area contributed by atoms with Gasteiger partial charge in [0.05, 0.1) is 13.7 Å². The van der Waals surface area contributed by atoms with Gasteiger partial charge in [-0.15, -0.1) is 0 Å². The number of rotatable bonds is 6. The summed E-state index contributed by atoms with van der Waals surface area (Å²) in [6, 6.07) is 12.3. The van der Waals surface area contributed by atoms with Crippen LogP contribution in [0.15, 0.2) is 47.1 Å². The van der Waals surface area contributed by atoms with E-state index in [1.807, 2.05) is 24.4 Å². The number of anilines is 2. The summed E-state index contributed by atoms with van der Waals surface area (Å²) in [6.07, 6.45) is 4.31. The standard InChI is InChI=1S/C25H32N6O2/c1-19-8-10-31(11-9-19)23-7-6-20(17-26-23)25-27-24(33-28-25)18-29-12-14-30(15-13-29)21-4-3-5-22(16-21)32-2/h3-7,16-17,19H,8-15,18H2,1-2H3. The van der Waals surface area contributed by atoms with Crippen molar-refractivity contribution in [1.82, 2.24) is 20.0 Å². The Labute approximate surface area is 195 Å². The zero-order valence-electron chi connectivity index (χ0n) is 19.5. The Morgan fingerprint density at radius 2 is 1.82 bits per heavy atom. The number of benzene rings is 1. The van der Waals surface area contributed by atoms with Crippen LogP contribution in [0.2, 0.25) is 0 Å². The van der Waals surface area contributed by atoms with Crippen molar-refractivity contribution >= 4 is 11.5 Å². The van der Waals surface area contributed by atoms with Crippen LogP contribution in [-0.4, -0.2) is 66.4 Å². The average molecular weight is 449 g/mol. The number of hydrogen-bond acceptors (Lipinski definition) is 8. The van der Waals surface area contributed by atoms with Crippen LogP contribution >= 0.6 is 0 Å². The summed E-state index contributed by atoms with van der Waals surface area (Å²) in [6.45, 7) is 8.93. The zero-order chi connectivity index (χ0) is 22.6. The first-order chi connectivity index (χ1) is 16.2. The number of piperazine rings is 1. The van der Waals surface area contributed by atoms with Gasteiger partial charge in [0.2, 0.25) is 11.7 Å². The number of hydrogen-bond donors (Lipinski definition) is 0. The number of methoxy groups -OCH3 is 1. The molecule has 2 fully saturated rings. The number of ether oxygens (including phenoxy) is 1. The first kappa shape index (κ1) is 21.7. The highest BCUT2D eigenvalue weighted by molar-refractivity contribution is 5.56. The minimum absolute atomic E-state index is 0.603. The van der Waals surface area contributed by atoms with E-state index in [2.05, 4.69) is 54.9 Å². The van der Waals surface area contributed by atoms with Crippen LogP contribution in [0.25, 0.3) is 11.4 Å².